The third-order valence-electron chi connectivity index (χ3n) is 3.50. The maximum Gasteiger partial charge on any atom is 0.329 e. The first kappa shape index (κ1) is 14.5. The van der Waals surface area contributed by atoms with Crippen molar-refractivity contribution in [3.8, 4) is 0 Å². The summed E-state index contributed by atoms with van der Waals surface area (Å²) in [6.07, 6.45) is 1.82. The SMILES string of the molecule is O=C(CCc1nc2cc(Br)ccc2s1)NC1(C(=O)O)CC1. The fourth-order valence-electron chi connectivity index (χ4n) is 2.12. The molecule has 110 valence electrons. The van der Waals surface area contributed by atoms with Crippen molar-refractivity contribution in [3.05, 3.63) is 27.7 Å². The Balaban J connectivity index is 1.61. The van der Waals surface area contributed by atoms with Crippen LogP contribution in [-0.4, -0.2) is 27.5 Å². The van der Waals surface area contributed by atoms with Crippen molar-refractivity contribution in [1.82, 2.24) is 10.3 Å². The van der Waals surface area contributed by atoms with Crippen molar-refractivity contribution in [3.63, 3.8) is 0 Å². The van der Waals surface area contributed by atoms with Gasteiger partial charge in [0.1, 0.15) is 5.54 Å². The number of carbonyl (C=O) groups excluding carboxylic acids is 1. The van der Waals surface area contributed by atoms with Crippen LogP contribution in [0.5, 0.6) is 0 Å². The molecule has 7 heteroatoms. The largest absolute Gasteiger partial charge is 0.480 e. The Morgan fingerprint density at radius 2 is 2.19 bits per heavy atom. The van der Waals surface area contributed by atoms with E-state index in [0.717, 1.165) is 19.7 Å². The molecule has 0 atom stereocenters. The zero-order valence-corrected chi connectivity index (χ0v) is 13.5. The molecular weight excluding hydrogens is 356 g/mol. The number of amides is 1. The van der Waals surface area contributed by atoms with Gasteiger partial charge in [0.25, 0.3) is 0 Å². The summed E-state index contributed by atoms with van der Waals surface area (Å²) in [4.78, 5) is 27.3. The number of fused-ring (bicyclic) bond motifs is 1. The molecule has 0 aliphatic heterocycles. The second-order valence-corrected chi connectivity index (χ2v) is 7.19. The summed E-state index contributed by atoms with van der Waals surface area (Å²) in [5, 5.41) is 12.5. The lowest BCUT2D eigenvalue weighted by atomic mass is 10.2. The smallest absolute Gasteiger partial charge is 0.329 e. The third-order valence-corrected chi connectivity index (χ3v) is 5.09. The van der Waals surface area contributed by atoms with Crippen molar-refractivity contribution in [2.24, 2.45) is 0 Å². The van der Waals surface area contributed by atoms with Crippen LogP contribution in [-0.2, 0) is 16.0 Å². The minimum Gasteiger partial charge on any atom is -0.480 e. The number of benzene rings is 1. The Morgan fingerprint density at radius 1 is 1.43 bits per heavy atom. The zero-order chi connectivity index (χ0) is 15.0. The maximum atomic E-state index is 11.8. The highest BCUT2D eigenvalue weighted by molar-refractivity contribution is 9.10. The lowest BCUT2D eigenvalue weighted by Crippen LogP contribution is -2.43. The monoisotopic (exact) mass is 368 g/mol. The van der Waals surface area contributed by atoms with Crippen LogP contribution in [0.1, 0.15) is 24.3 Å². The van der Waals surface area contributed by atoms with E-state index in [4.69, 9.17) is 5.11 Å². The number of carboxylic acid groups (broad SMARTS) is 1. The second kappa shape index (κ2) is 5.38. The number of hydrogen-bond donors (Lipinski definition) is 2. The molecule has 0 unspecified atom stereocenters. The molecule has 2 N–H and O–H groups in total. The van der Waals surface area contributed by atoms with Crippen molar-refractivity contribution in [2.75, 3.05) is 0 Å². The quantitative estimate of drug-likeness (QED) is 0.850. The highest BCUT2D eigenvalue weighted by Gasteiger charge is 2.51. The summed E-state index contributed by atoms with van der Waals surface area (Å²) in [7, 11) is 0. The Bertz CT molecular complexity index is 724. The van der Waals surface area contributed by atoms with Crippen molar-refractivity contribution >= 4 is 49.4 Å². The summed E-state index contributed by atoms with van der Waals surface area (Å²) >= 11 is 4.96. The van der Waals surface area contributed by atoms with E-state index in [-0.39, 0.29) is 12.3 Å². The molecule has 21 heavy (non-hydrogen) atoms. The number of aromatic nitrogens is 1. The highest BCUT2D eigenvalue weighted by Crippen LogP contribution is 2.35. The van der Waals surface area contributed by atoms with Gasteiger partial charge < -0.3 is 10.4 Å². The molecule has 1 saturated carbocycles. The van der Waals surface area contributed by atoms with Crippen LogP contribution in [0, 0.1) is 0 Å². The predicted molar refractivity (Wildman–Crippen MR) is 83.4 cm³/mol. The van der Waals surface area contributed by atoms with Gasteiger partial charge in [0.15, 0.2) is 0 Å². The minimum absolute atomic E-state index is 0.227. The Hall–Kier alpha value is -1.47. The van der Waals surface area contributed by atoms with Gasteiger partial charge in [-0.15, -0.1) is 11.3 Å². The zero-order valence-electron chi connectivity index (χ0n) is 11.1. The Labute approximate surface area is 133 Å². The van der Waals surface area contributed by atoms with Crippen LogP contribution < -0.4 is 5.32 Å². The average molecular weight is 369 g/mol. The van der Waals surface area contributed by atoms with Gasteiger partial charge in [-0.2, -0.15) is 0 Å². The molecule has 3 rings (SSSR count). The Kier molecular flexibility index (Phi) is 3.71. The fraction of sp³-hybridized carbons (Fsp3) is 0.357. The normalized spacial score (nSPS) is 15.9. The summed E-state index contributed by atoms with van der Waals surface area (Å²) in [5.74, 6) is -1.17. The first-order chi connectivity index (χ1) is 9.98. The number of carboxylic acids is 1. The summed E-state index contributed by atoms with van der Waals surface area (Å²) in [5.41, 5.74) is -0.0933. The molecule has 1 amide bonds. The van der Waals surface area contributed by atoms with E-state index in [9.17, 15) is 9.59 Å². The number of aliphatic carboxylic acids is 1. The van der Waals surface area contributed by atoms with Crippen LogP contribution in [0.15, 0.2) is 22.7 Å². The van der Waals surface area contributed by atoms with E-state index in [2.05, 4.69) is 26.2 Å². The molecule has 1 aliphatic rings. The Morgan fingerprint density at radius 3 is 2.86 bits per heavy atom. The molecule has 1 aromatic heterocycles. The van der Waals surface area contributed by atoms with Crippen molar-refractivity contribution in [1.29, 1.82) is 0 Å². The third kappa shape index (κ3) is 3.08. The fourth-order valence-corrected chi connectivity index (χ4v) is 3.42. The molecule has 0 radical (unpaired) electrons. The van der Waals surface area contributed by atoms with E-state index in [1.807, 2.05) is 18.2 Å². The van der Waals surface area contributed by atoms with Crippen molar-refractivity contribution in [2.45, 2.75) is 31.2 Å². The van der Waals surface area contributed by atoms with Gasteiger partial charge in [-0.25, -0.2) is 9.78 Å². The molecule has 1 fully saturated rings. The molecule has 0 spiro atoms. The average Bonchev–Trinajstić information content (AvgIpc) is 3.09. The first-order valence-corrected chi connectivity index (χ1v) is 8.19. The number of halogens is 1. The number of aryl methyl sites for hydroxylation is 1. The van der Waals surface area contributed by atoms with E-state index < -0.39 is 11.5 Å². The molecule has 0 saturated heterocycles. The molecule has 1 aliphatic carbocycles. The van der Waals surface area contributed by atoms with Crippen LogP contribution in [0.3, 0.4) is 0 Å². The van der Waals surface area contributed by atoms with Gasteiger partial charge in [0, 0.05) is 17.3 Å². The van der Waals surface area contributed by atoms with Crippen molar-refractivity contribution < 1.29 is 14.7 Å². The second-order valence-electron chi connectivity index (χ2n) is 5.16. The summed E-state index contributed by atoms with van der Waals surface area (Å²) in [6, 6.07) is 5.89. The maximum absolute atomic E-state index is 11.8. The molecule has 0 bridgehead atoms. The topological polar surface area (TPSA) is 79.3 Å². The summed E-state index contributed by atoms with van der Waals surface area (Å²) < 4.78 is 2.06. The van der Waals surface area contributed by atoms with Crippen LogP contribution in [0.25, 0.3) is 10.2 Å². The van der Waals surface area contributed by atoms with Gasteiger partial charge in [-0.05, 0) is 31.0 Å². The van der Waals surface area contributed by atoms with Gasteiger partial charge in [0.05, 0.1) is 15.2 Å². The van der Waals surface area contributed by atoms with Crippen LogP contribution >= 0.6 is 27.3 Å². The lowest BCUT2D eigenvalue weighted by molar-refractivity contribution is -0.143. The molecule has 2 aromatic rings. The summed E-state index contributed by atoms with van der Waals surface area (Å²) in [6.45, 7) is 0. The molecule has 1 heterocycles. The van der Waals surface area contributed by atoms with Gasteiger partial charge >= 0.3 is 5.97 Å². The van der Waals surface area contributed by atoms with Crippen LogP contribution in [0.2, 0.25) is 0 Å². The van der Waals surface area contributed by atoms with E-state index in [1.54, 1.807) is 11.3 Å². The number of thiazole rings is 1. The van der Waals surface area contributed by atoms with E-state index >= 15 is 0 Å². The van der Waals surface area contributed by atoms with E-state index in [1.165, 1.54) is 0 Å². The standard InChI is InChI=1S/C14H13BrN2O3S/c15-8-1-2-10-9(7-8)16-12(21-10)4-3-11(18)17-14(5-6-14)13(19)20/h1-2,7H,3-6H2,(H,17,18)(H,19,20). The number of nitrogens with one attached hydrogen (secondary N) is 1. The van der Waals surface area contributed by atoms with Gasteiger partial charge in [0.2, 0.25) is 5.91 Å². The number of nitrogens with zero attached hydrogens (tertiary/aromatic N) is 1. The molecule has 5 nitrogen and oxygen atoms in total. The molecular formula is C14H13BrN2O3S. The molecule has 1 aromatic carbocycles. The predicted octanol–water partition coefficient (Wildman–Crippen LogP) is 2.72. The van der Waals surface area contributed by atoms with Crippen LogP contribution in [0.4, 0.5) is 0 Å². The van der Waals surface area contributed by atoms with Gasteiger partial charge in [-0.3, -0.25) is 4.79 Å². The number of hydrogen-bond acceptors (Lipinski definition) is 4. The van der Waals surface area contributed by atoms with E-state index in [0.29, 0.717) is 19.3 Å². The van der Waals surface area contributed by atoms with Gasteiger partial charge in [-0.1, -0.05) is 15.9 Å². The first-order valence-electron chi connectivity index (χ1n) is 6.58. The minimum atomic E-state index is -1.00. The lowest BCUT2D eigenvalue weighted by Gasteiger charge is -2.11. The highest BCUT2D eigenvalue weighted by atomic mass is 79.9. The number of carbonyl (C=O) groups is 2. The number of rotatable bonds is 5.